The van der Waals surface area contributed by atoms with Crippen molar-refractivity contribution in [2.24, 2.45) is 0 Å². The molecule has 0 spiro atoms. The topological polar surface area (TPSA) is 52.6 Å². The van der Waals surface area contributed by atoms with Crippen LogP contribution in [0.5, 0.6) is 5.75 Å². The maximum absolute atomic E-state index is 12.3. The van der Waals surface area contributed by atoms with E-state index in [0.29, 0.717) is 21.9 Å². The highest BCUT2D eigenvalue weighted by atomic mass is 35.5. The van der Waals surface area contributed by atoms with Gasteiger partial charge in [0.1, 0.15) is 5.75 Å². The summed E-state index contributed by atoms with van der Waals surface area (Å²) in [5.41, 5.74) is 3.60. The Kier molecular flexibility index (Phi) is 5.62. The molecule has 0 aliphatic rings. The van der Waals surface area contributed by atoms with Crippen LogP contribution in [-0.4, -0.2) is 25.5 Å². The molecular formula is C19H19ClO4. The number of rotatable bonds is 5. The first-order valence-electron chi connectivity index (χ1n) is 7.45. The number of carbonyl (C=O) groups excluding carboxylic acids is 2. The van der Waals surface area contributed by atoms with E-state index in [0.717, 1.165) is 16.7 Å². The van der Waals surface area contributed by atoms with Crippen LogP contribution in [0.1, 0.15) is 37.4 Å². The predicted octanol–water partition coefficient (Wildman–Crippen LogP) is 4.31. The summed E-state index contributed by atoms with van der Waals surface area (Å²) in [6.07, 6.45) is 0. The first-order chi connectivity index (χ1) is 11.3. The second kappa shape index (κ2) is 7.49. The molecule has 0 amide bonds. The molecule has 0 atom stereocenters. The first-order valence-corrected chi connectivity index (χ1v) is 7.83. The molecule has 0 bridgehead atoms. The Balaban J connectivity index is 2.09. The van der Waals surface area contributed by atoms with Gasteiger partial charge >= 0.3 is 5.97 Å². The van der Waals surface area contributed by atoms with Crippen LogP contribution in [0.25, 0.3) is 0 Å². The number of ketones is 1. The molecule has 0 aliphatic heterocycles. The van der Waals surface area contributed by atoms with Crippen LogP contribution >= 0.6 is 11.6 Å². The van der Waals surface area contributed by atoms with Gasteiger partial charge in [0.2, 0.25) is 0 Å². The molecule has 5 heteroatoms. The van der Waals surface area contributed by atoms with Gasteiger partial charge in [0.15, 0.2) is 12.4 Å². The molecule has 2 rings (SSSR count). The lowest BCUT2D eigenvalue weighted by molar-refractivity contribution is 0.0473. The van der Waals surface area contributed by atoms with E-state index in [9.17, 15) is 9.59 Å². The van der Waals surface area contributed by atoms with E-state index in [1.54, 1.807) is 12.1 Å². The standard InChI is InChI=1S/C19H19ClO4/c1-11-7-12(2)18(13(3)8-11)19(22)24-10-16(21)14-5-6-17(23-4)15(20)9-14/h5-9H,10H2,1-4H3. The highest BCUT2D eigenvalue weighted by Gasteiger charge is 2.17. The zero-order valence-electron chi connectivity index (χ0n) is 14.1. The predicted molar refractivity (Wildman–Crippen MR) is 93.3 cm³/mol. The second-order valence-electron chi connectivity index (χ2n) is 5.62. The lowest BCUT2D eigenvalue weighted by Gasteiger charge is -2.11. The van der Waals surface area contributed by atoms with Crippen molar-refractivity contribution in [3.63, 3.8) is 0 Å². The summed E-state index contributed by atoms with van der Waals surface area (Å²) in [7, 11) is 1.50. The minimum absolute atomic E-state index is 0.324. The van der Waals surface area contributed by atoms with E-state index in [1.807, 2.05) is 32.9 Å². The number of hydrogen-bond donors (Lipinski definition) is 0. The van der Waals surface area contributed by atoms with Gasteiger partial charge in [0, 0.05) is 5.56 Å². The van der Waals surface area contributed by atoms with Gasteiger partial charge < -0.3 is 9.47 Å². The maximum atomic E-state index is 12.3. The number of ether oxygens (including phenoxy) is 2. The van der Waals surface area contributed by atoms with Crippen LogP contribution in [0.3, 0.4) is 0 Å². The van der Waals surface area contributed by atoms with Crippen LogP contribution in [0, 0.1) is 20.8 Å². The number of Topliss-reactive ketones (excluding diaryl/α,β-unsaturated/α-hetero) is 1. The van der Waals surface area contributed by atoms with Gasteiger partial charge in [-0.05, 0) is 50.1 Å². The smallest absolute Gasteiger partial charge is 0.339 e. The number of esters is 1. The summed E-state index contributed by atoms with van der Waals surface area (Å²) in [4.78, 5) is 24.5. The summed E-state index contributed by atoms with van der Waals surface area (Å²) in [6.45, 7) is 5.32. The second-order valence-corrected chi connectivity index (χ2v) is 6.03. The lowest BCUT2D eigenvalue weighted by atomic mass is 10.00. The van der Waals surface area contributed by atoms with Crippen molar-refractivity contribution < 1.29 is 19.1 Å². The third-order valence-corrected chi connectivity index (χ3v) is 3.98. The van der Waals surface area contributed by atoms with Gasteiger partial charge in [-0.15, -0.1) is 0 Å². The van der Waals surface area contributed by atoms with E-state index in [1.165, 1.54) is 13.2 Å². The Morgan fingerprint density at radius 1 is 1.04 bits per heavy atom. The summed E-state index contributed by atoms with van der Waals surface area (Å²) >= 11 is 6.00. The van der Waals surface area contributed by atoms with Gasteiger partial charge in [0.25, 0.3) is 0 Å². The molecule has 0 N–H and O–H groups in total. The van der Waals surface area contributed by atoms with Crippen molar-refractivity contribution in [1.82, 2.24) is 0 Å². The molecule has 0 heterocycles. The zero-order chi connectivity index (χ0) is 17.9. The Bertz CT molecular complexity index is 773. The van der Waals surface area contributed by atoms with Crippen molar-refractivity contribution in [2.45, 2.75) is 20.8 Å². The molecule has 0 aromatic heterocycles. The fourth-order valence-corrected chi connectivity index (χ4v) is 2.89. The monoisotopic (exact) mass is 346 g/mol. The Morgan fingerprint density at radius 3 is 2.21 bits per heavy atom. The Morgan fingerprint density at radius 2 is 1.67 bits per heavy atom. The molecule has 0 unspecified atom stereocenters. The third-order valence-electron chi connectivity index (χ3n) is 3.69. The normalized spacial score (nSPS) is 10.4. The van der Waals surface area contributed by atoms with Crippen molar-refractivity contribution >= 4 is 23.4 Å². The molecule has 0 aliphatic carbocycles. The van der Waals surface area contributed by atoms with Gasteiger partial charge in [0.05, 0.1) is 17.7 Å². The van der Waals surface area contributed by atoms with E-state index in [-0.39, 0.29) is 12.4 Å². The van der Waals surface area contributed by atoms with Crippen LogP contribution in [-0.2, 0) is 4.74 Å². The van der Waals surface area contributed by atoms with Crippen molar-refractivity contribution in [3.8, 4) is 5.75 Å². The minimum Gasteiger partial charge on any atom is -0.495 e. The van der Waals surface area contributed by atoms with Crippen LogP contribution in [0.15, 0.2) is 30.3 Å². The highest BCUT2D eigenvalue weighted by molar-refractivity contribution is 6.32. The fourth-order valence-electron chi connectivity index (χ4n) is 2.63. The number of halogens is 1. The average molecular weight is 347 g/mol. The molecule has 2 aromatic rings. The largest absolute Gasteiger partial charge is 0.495 e. The minimum atomic E-state index is -0.502. The van der Waals surface area contributed by atoms with Gasteiger partial charge in [-0.25, -0.2) is 4.79 Å². The number of benzene rings is 2. The van der Waals surface area contributed by atoms with Crippen LogP contribution < -0.4 is 4.74 Å². The van der Waals surface area contributed by atoms with Crippen molar-refractivity contribution in [2.75, 3.05) is 13.7 Å². The molecule has 0 radical (unpaired) electrons. The Labute approximate surface area is 146 Å². The maximum Gasteiger partial charge on any atom is 0.339 e. The molecule has 0 saturated heterocycles. The molecule has 2 aromatic carbocycles. The van der Waals surface area contributed by atoms with E-state index in [4.69, 9.17) is 21.1 Å². The van der Waals surface area contributed by atoms with Gasteiger partial charge in [-0.3, -0.25) is 4.79 Å². The fraction of sp³-hybridized carbons (Fsp3) is 0.263. The lowest BCUT2D eigenvalue weighted by Crippen LogP contribution is -2.16. The number of aryl methyl sites for hydroxylation is 3. The SMILES string of the molecule is COc1ccc(C(=O)COC(=O)c2c(C)cc(C)cc2C)cc1Cl. The summed E-state index contributed by atoms with van der Waals surface area (Å²) in [5, 5.41) is 0.333. The van der Waals surface area contributed by atoms with Gasteiger partial charge in [-0.2, -0.15) is 0 Å². The molecule has 0 saturated carbocycles. The zero-order valence-corrected chi connectivity index (χ0v) is 14.9. The van der Waals surface area contributed by atoms with Crippen molar-refractivity contribution in [1.29, 1.82) is 0 Å². The molecule has 4 nitrogen and oxygen atoms in total. The van der Waals surface area contributed by atoms with Crippen LogP contribution in [0.2, 0.25) is 5.02 Å². The summed E-state index contributed by atoms with van der Waals surface area (Å²) in [6, 6.07) is 8.51. The van der Waals surface area contributed by atoms with Gasteiger partial charge in [-0.1, -0.05) is 29.3 Å². The van der Waals surface area contributed by atoms with E-state index < -0.39 is 5.97 Å². The molecule has 24 heavy (non-hydrogen) atoms. The third kappa shape index (κ3) is 3.95. The number of carbonyl (C=O) groups is 2. The average Bonchev–Trinajstić information content (AvgIpc) is 2.51. The summed E-state index contributed by atoms with van der Waals surface area (Å²) < 4.78 is 10.2. The number of hydrogen-bond acceptors (Lipinski definition) is 4. The Hall–Kier alpha value is -2.33. The summed E-state index contributed by atoms with van der Waals surface area (Å²) in [5.74, 6) is -0.343. The van der Waals surface area contributed by atoms with E-state index in [2.05, 4.69) is 0 Å². The van der Waals surface area contributed by atoms with Crippen molar-refractivity contribution in [3.05, 3.63) is 63.2 Å². The molecular weight excluding hydrogens is 328 g/mol. The highest BCUT2D eigenvalue weighted by Crippen LogP contribution is 2.25. The van der Waals surface area contributed by atoms with Crippen LogP contribution in [0.4, 0.5) is 0 Å². The number of methoxy groups -OCH3 is 1. The first kappa shape index (κ1) is 18.0. The molecule has 126 valence electrons. The van der Waals surface area contributed by atoms with E-state index >= 15 is 0 Å². The quantitative estimate of drug-likeness (QED) is 0.598. The molecule has 0 fully saturated rings.